The van der Waals surface area contributed by atoms with Gasteiger partial charge in [-0.1, -0.05) is 51.9 Å². The lowest BCUT2D eigenvalue weighted by Gasteiger charge is -2.38. The van der Waals surface area contributed by atoms with Gasteiger partial charge in [0.1, 0.15) is 12.3 Å². The first-order valence-corrected chi connectivity index (χ1v) is 10.9. The van der Waals surface area contributed by atoms with Crippen molar-refractivity contribution in [1.82, 2.24) is 0 Å². The highest BCUT2D eigenvalue weighted by molar-refractivity contribution is 4.84. The van der Waals surface area contributed by atoms with Crippen molar-refractivity contribution >= 4 is 0 Å². The SMILES string of the molecule is CCC1CCC(C2CCC(CCC3CCC(F)C(F)C3)CC2)CC1. The summed E-state index contributed by atoms with van der Waals surface area (Å²) in [6.07, 6.45) is 14.9. The minimum atomic E-state index is -1.18. The van der Waals surface area contributed by atoms with Crippen molar-refractivity contribution in [3.05, 3.63) is 0 Å². The third kappa shape index (κ3) is 4.94. The van der Waals surface area contributed by atoms with Crippen LogP contribution in [0.15, 0.2) is 0 Å². The van der Waals surface area contributed by atoms with Crippen molar-refractivity contribution in [3.8, 4) is 0 Å². The van der Waals surface area contributed by atoms with E-state index in [-0.39, 0.29) is 0 Å². The van der Waals surface area contributed by atoms with Gasteiger partial charge in [0.25, 0.3) is 0 Å². The first-order chi connectivity index (χ1) is 11.7. The molecule has 0 radical (unpaired) electrons. The van der Waals surface area contributed by atoms with Crippen molar-refractivity contribution in [1.29, 1.82) is 0 Å². The van der Waals surface area contributed by atoms with E-state index >= 15 is 0 Å². The van der Waals surface area contributed by atoms with Crippen LogP contribution in [0, 0.1) is 29.6 Å². The molecule has 2 heteroatoms. The summed E-state index contributed by atoms with van der Waals surface area (Å²) >= 11 is 0. The van der Waals surface area contributed by atoms with Crippen molar-refractivity contribution < 1.29 is 8.78 Å². The van der Waals surface area contributed by atoms with Crippen molar-refractivity contribution in [2.24, 2.45) is 29.6 Å². The number of rotatable bonds is 5. The Hall–Kier alpha value is -0.140. The molecule has 0 aromatic carbocycles. The maximum atomic E-state index is 13.5. The molecule has 3 aliphatic rings. The molecule has 0 heterocycles. The molecule has 3 atom stereocenters. The van der Waals surface area contributed by atoms with Crippen molar-refractivity contribution in [2.45, 2.75) is 109 Å². The molecule has 3 aliphatic carbocycles. The Morgan fingerprint density at radius 1 is 0.583 bits per heavy atom. The van der Waals surface area contributed by atoms with E-state index in [9.17, 15) is 8.78 Å². The molecule has 140 valence electrons. The first-order valence-electron chi connectivity index (χ1n) is 10.9. The van der Waals surface area contributed by atoms with Crippen LogP contribution in [-0.2, 0) is 0 Å². The van der Waals surface area contributed by atoms with Crippen molar-refractivity contribution in [2.75, 3.05) is 0 Å². The average Bonchev–Trinajstić information content (AvgIpc) is 2.63. The molecule has 3 saturated carbocycles. The normalized spacial score (nSPS) is 44.4. The highest BCUT2D eigenvalue weighted by Crippen LogP contribution is 2.43. The van der Waals surface area contributed by atoms with Gasteiger partial charge in [0.05, 0.1) is 0 Å². The summed E-state index contributed by atoms with van der Waals surface area (Å²) < 4.78 is 26.8. The largest absolute Gasteiger partial charge is 0.244 e. The first kappa shape index (κ1) is 18.6. The monoisotopic (exact) mass is 340 g/mol. The van der Waals surface area contributed by atoms with E-state index in [2.05, 4.69) is 6.92 Å². The fourth-order valence-electron chi connectivity index (χ4n) is 5.91. The van der Waals surface area contributed by atoms with Gasteiger partial charge >= 0.3 is 0 Å². The highest BCUT2D eigenvalue weighted by Gasteiger charge is 2.32. The number of alkyl halides is 2. The molecule has 3 fully saturated rings. The van der Waals surface area contributed by atoms with Crippen LogP contribution in [0.25, 0.3) is 0 Å². The summed E-state index contributed by atoms with van der Waals surface area (Å²) in [6.45, 7) is 2.35. The summed E-state index contributed by atoms with van der Waals surface area (Å²) in [5.74, 6) is 4.34. The molecule has 3 rings (SSSR count). The maximum absolute atomic E-state index is 13.5. The highest BCUT2D eigenvalue weighted by atomic mass is 19.2. The molecule has 0 bridgehead atoms. The van der Waals surface area contributed by atoms with Gasteiger partial charge in [-0.3, -0.25) is 0 Å². The predicted octanol–water partition coefficient (Wildman–Crippen LogP) is 7.27. The zero-order chi connectivity index (χ0) is 16.9. The summed E-state index contributed by atoms with van der Waals surface area (Å²) in [5.41, 5.74) is 0. The topological polar surface area (TPSA) is 0 Å². The Kier molecular flexibility index (Phi) is 6.98. The molecular formula is C22H38F2. The third-order valence-corrected chi connectivity index (χ3v) is 7.81. The lowest BCUT2D eigenvalue weighted by atomic mass is 9.68. The van der Waals surface area contributed by atoms with Gasteiger partial charge in [-0.05, 0) is 74.5 Å². The number of halogens is 2. The van der Waals surface area contributed by atoms with Crippen LogP contribution >= 0.6 is 0 Å². The summed E-state index contributed by atoms with van der Waals surface area (Å²) in [6, 6.07) is 0. The number of hydrogen-bond acceptors (Lipinski definition) is 0. The van der Waals surface area contributed by atoms with Crippen LogP contribution in [0.1, 0.15) is 96.8 Å². The van der Waals surface area contributed by atoms with Crippen LogP contribution < -0.4 is 0 Å². The van der Waals surface area contributed by atoms with Crippen LogP contribution in [0.2, 0.25) is 0 Å². The van der Waals surface area contributed by atoms with E-state index in [4.69, 9.17) is 0 Å². The lowest BCUT2D eigenvalue weighted by Crippen LogP contribution is -2.28. The Balaban J connectivity index is 1.32. The smallest absolute Gasteiger partial charge is 0.131 e. The van der Waals surface area contributed by atoms with Gasteiger partial charge in [0, 0.05) is 0 Å². The molecule has 0 aliphatic heterocycles. The van der Waals surface area contributed by atoms with E-state index < -0.39 is 12.3 Å². The quantitative estimate of drug-likeness (QED) is 0.494. The molecule has 3 unspecified atom stereocenters. The van der Waals surface area contributed by atoms with Crippen LogP contribution in [0.3, 0.4) is 0 Å². The molecule has 0 nitrogen and oxygen atoms in total. The molecule has 0 spiro atoms. The molecule has 24 heavy (non-hydrogen) atoms. The molecule has 0 aromatic rings. The van der Waals surface area contributed by atoms with Crippen LogP contribution in [-0.4, -0.2) is 12.3 Å². The third-order valence-electron chi connectivity index (χ3n) is 7.81. The second-order valence-corrected chi connectivity index (χ2v) is 9.26. The fraction of sp³-hybridized carbons (Fsp3) is 1.00. The Labute approximate surface area is 148 Å². The zero-order valence-electron chi connectivity index (χ0n) is 15.7. The van der Waals surface area contributed by atoms with E-state index in [1.54, 1.807) is 0 Å². The van der Waals surface area contributed by atoms with E-state index in [1.807, 2.05) is 0 Å². The number of hydrogen-bond donors (Lipinski definition) is 0. The molecule has 0 saturated heterocycles. The van der Waals surface area contributed by atoms with Gasteiger partial charge in [-0.25, -0.2) is 8.78 Å². The second kappa shape index (κ2) is 8.99. The molecule has 0 N–H and O–H groups in total. The van der Waals surface area contributed by atoms with Crippen LogP contribution in [0.4, 0.5) is 8.78 Å². The van der Waals surface area contributed by atoms with Crippen molar-refractivity contribution in [3.63, 3.8) is 0 Å². The predicted molar refractivity (Wildman–Crippen MR) is 97.6 cm³/mol. The van der Waals surface area contributed by atoms with Gasteiger partial charge < -0.3 is 0 Å². The standard InChI is InChI=1S/C22H38F2/c1-2-16-5-10-19(11-6-16)20-12-7-17(8-13-20)3-4-18-9-14-21(23)22(24)15-18/h16-22H,2-15H2,1H3. The van der Waals surface area contributed by atoms with E-state index in [0.29, 0.717) is 18.8 Å². The Morgan fingerprint density at radius 3 is 1.62 bits per heavy atom. The van der Waals surface area contributed by atoms with Crippen LogP contribution in [0.5, 0.6) is 0 Å². The van der Waals surface area contributed by atoms with Gasteiger partial charge in [0.2, 0.25) is 0 Å². The van der Waals surface area contributed by atoms with E-state index in [0.717, 1.165) is 36.5 Å². The van der Waals surface area contributed by atoms with E-state index in [1.165, 1.54) is 64.2 Å². The van der Waals surface area contributed by atoms with Gasteiger partial charge in [-0.2, -0.15) is 0 Å². The van der Waals surface area contributed by atoms with Gasteiger partial charge in [0.15, 0.2) is 0 Å². The molecule has 0 aromatic heterocycles. The minimum Gasteiger partial charge on any atom is -0.244 e. The molecular weight excluding hydrogens is 302 g/mol. The summed E-state index contributed by atoms with van der Waals surface area (Å²) in [5, 5.41) is 0. The summed E-state index contributed by atoms with van der Waals surface area (Å²) in [4.78, 5) is 0. The maximum Gasteiger partial charge on any atom is 0.131 e. The minimum absolute atomic E-state index is 0.453. The fourth-order valence-corrected chi connectivity index (χ4v) is 5.91. The average molecular weight is 341 g/mol. The Morgan fingerprint density at radius 2 is 1.08 bits per heavy atom. The molecule has 0 amide bonds. The summed E-state index contributed by atoms with van der Waals surface area (Å²) in [7, 11) is 0. The zero-order valence-corrected chi connectivity index (χ0v) is 15.7. The lowest BCUT2D eigenvalue weighted by molar-refractivity contribution is 0.0817. The second-order valence-electron chi connectivity index (χ2n) is 9.26. The van der Waals surface area contributed by atoms with Gasteiger partial charge in [-0.15, -0.1) is 0 Å². The Bertz CT molecular complexity index is 353.